The highest BCUT2D eigenvalue weighted by Crippen LogP contribution is 2.21. The van der Waals surface area contributed by atoms with Gasteiger partial charge in [0.1, 0.15) is 0 Å². The Kier molecular flexibility index (Phi) is 5.05. The zero-order valence-corrected chi connectivity index (χ0v) is 12.2. The minimum absolute atomic E-state index is 0.0868. The first-order valence-electron chi connectivity index (χ1n) is 6.83. The van der Waals surface area contributed by atoms with Gasteiger partial charge in [-0.25, -0.2) is 0 Å². The van der Waals surface area contributed by atoms with Crippen molar-refractivity contribution >= 4 is 23.2 Å². The Morgan fingerprint density at radius 3 is 3.00 bits per heavy atom. The number of hydrogen-bond donors (Lipinski definition) is 1. The van der Waals surface area contributed by atoms with Crippen molar-refractivity contribution < 1.29 is 19.2 Å². The second-order valence-corrected chi connectivity index (χ2v) is 5.03. The number of hydrogen-bond acceptors (Lipinski definition) is 5. The second kappa shape index (κ2) is 6.99. The van der Waals surface area contributed by atoms with Gasteiger partial charge < -0.3 is 15.0 Å². The Morgan fingerprint density at radius 2 is 2.32 bits per heavy atom. The molecule has 8 heteroatoms. The summed E-state index contributed by atoms with van der Waals surface area (Å²) in [5.41, 5.74) is 0.254. The van der Waals surface area contributed by atoms with Crippen molar-refractivity contribution in [2.24, 2.45) is 5.92 Å². The first-order valence-corrected chi connectivity index (χ1v) is 6.83. The van der Waals surface area contributed by atoms with E-state index in [1.54, 1.807) is 18.1 Å². The topological polar surface area (TPSA) is 102 Å². The van der Waals surface area contributed by atoms with E-state index >= 15 is 0 Å². The molecule has 1 N–H and O–H groups in total. The van der Waals surface area contributed by atoms with Gasteiger partial charge in [-0.3, -0.25) is 19.7 Å². The molecule has 0 aromatic heterocycles. The van der Waals surface area contributed by atoms with E-state index in [4.69, 9.17) is 4.74 Å². The monoisotopic (exact) mass is 307 g/mol. The van der Waals surface area contributed by atoms with Gasteiger partial charge in [-0.1, -0.05) is 6.07 Å². The Labute approximate surface area is 127 Å². The van der Waals surface area contributed by atoms with Crippen LogP contribution in [-0.4, -0.2) is 48.4 Å². The standard InChI is InChI=1S/C14H17N3O5/c1-22-6-5-16-9-10(7-13(16)18)14(19)15-11-3-2-4-12(8-11)17(20)21/h2-4,8,10H,5-7,9H2,1H3,(H,15,19). The lowest BCUT2D eigenvalue weighted by molar-refractivity contribution is -0.384. The number of methoxy groups -OCH3 is 1. The summed E-state index contributed by atoms with van der Waals surface area (Å²) >= 11 is 0. The summed E-state index contributed by atoms with van der Waals surface area (Å²) < 4.78 is 4.92. The summed E-state index contributed by atoms with van der Waals surface area (Å²) in [4.78, 5) is 35.7. The van der Waals surface area contributed by atoms with Gasteiger partial charge in [-0.05, 0) is 6.07 Å². The highest BCUT2D eigenvalue weighted by molar-refractivity contribution is 5.97. The maximum atomic E-state index is 12.2. The predicted molar refractivity (Wildman–Crippen MR) is 78.3 cm³/mol. The van der Waals surface area contributed by atoms with Gasteiger partial charge in [-0.2, -0.15) is 0 Å². The molecule has 1 unspecified atom stereocenters. The van der Waals surface area contributed by atoms with Crippen LogP contribution in [0.1, 0.15) is 6.42 Å². The van der Waals surface area contributed by atoms with Gasteiger partial charge in [-0.15, -0.1) is 0 Å². The van der Waals surface area contributed by atoms with Crippen LogP contribution in [0.2, 0.25) is 0 Å². The molecule has 1 atom stereocenters. The van der Waals surface area contributed by atoms with Crippen LogP contribution in [0.4, 0.5) is 11.4 Å². The Morgan fingerprint density at radius 1 is 1.55 bits per heavy atom. The Hall–Kier alpha value is -2.48. The number of carbonyl (C=O) groups excluding carboxylic acids is 2. The van der Waals surface area contributed by atoms with Crippen molar-refractivity contribution in [1.29, 1.82) is 0 Å². The summed E-state index contributed by atoms with van der Waals surface area (Å²) in [7, 11) is 1.55. The number of nitrogens with one attached hydrogen (secondary N) is 1. The molecule has 0 spiro atoms. The van der Waals surface area contributed by atoms with E-state index in [1.807, 2.05) is 0 Å². The third-order valence-electron chi connectivity index (χ3n) is 3.48. The number of anilines is 1. The van der Waals surface area contributed by atoms with Gasteiger partial charge in [0.15, 0.2) is 0 Å². The second-order valence-electron chi connectivity index (χ2n) is 5.03. The number of carbonyl (C=O) groups is 2. The molecule has 22 heavy (non-hydrogen) atoms. The highest BCUT2D eigenvalue weighted by atomic mass is 16.6. The van der Waals surface area contributed by atoms with Crippen LogP contribution in [0.5, 0.6) is 0 Å². The Bertz CT molecular complexity index is 590. The average molecular weight is 307 g/mol. The van der Waals surface area contributed by atoms with Crippen LogP contribution in [0.15, 0.2) is 24.3 Å². The number of likely N-dealkylation sites (tertiary alicyclic amines) is 1. The van der Waals surface area contributed by atoms with E-state index < -0.39 is 10.8 Å². The minimum Gasteiger partial charge on any atom is -0.383 e. The fourth-order valence-electron chi connectivity index (χ4n) is 2.31. The van der Waals surface area contributed by atoms with Crippen molar-refractivity contribution in [3.63, 3.8) is 0 Å². The van der Waals surface area contributed by atoms with Crippen molar-refractivity contribution in [2.45, 2.75) is 6.42 Å². The smallest absolute Gasteiger partial charge is 0.271 e. The summed E-state index contributed by atoms with van der Waals surface area (Å²) in [6.07, 6.45) is 0.143. The molecule has 1 fully saturated rings. The number of non-ortho nitro benzene ring substituents is 1. The number of rotatable bonds is 6. The lowest BCUT2D eigenvalue weighted by atomic mass is 10.1. The lowest BCUT2D eigenvalue weighted by Gasteiger charge is -2.15. The molecule has 0 radical (unpaired) electrons. The van der Waals surface area contributed by atoms with Gasteiger partial charge in [0.2, 0.25) is 11.8 Å². The van der Waals surface area contributed by atoms with Gasteiger partial charge in [0.25, 0.3) is 5.69 Å². The lowest BCUT2D eigenvalue weighted by Crippen LogP contribution is -2.30. The van der Waals surface area contributed by atoms with Crippen molar-refractivity contribution in [3.05, 3.63) is 34.4 Å². The fraction of sp³-hybridized carbons (Fsp3) is 0.429. The summed E-state index contributed by atoms with van der Waals surface area (Å²) in [6.45, 7) is 1.21. The molecule has 8 nitrogen and oxygen atoms in total. The Balaban J connectivity index is 1.97. The molecular formula is C14H17N3O5. The number of amides is 2. The van der Waals surface area contributed by atoms with Crippen LogP contribution in [-0.2, 0) is 14.3 Å². The van der Waals surface area contributed by atoms with E-state index in [0.717, 1.165) is 0 Å². The molecule has 1 aliphatic rings. The largest absolute Gasteiger partial charge is 0.383 e. The molecule has 0 aliphatic carbocycles. The van der Waals surface area contributed by atoms with E-state index in [1.165, 1.54) is 18.2 Å². The van der Waals surface area contributed by atoms with Crippen LogP contribution in [0.3, 0.4) is 0 Å². The van der Waals surface area contributed by atoms with Gasteiger partial charge >= 0.3 is 0 Å². The molecule has 1 aromatic rings. The van der Waals surface area contributed by atoms with E-state index in [0.29, 0.717) is 25.4 Å². The number of ether oxygens (including phenoxy) is 1. The highest BCUT2D eigenvalue weighted by Gasteiger charge is 2.34. The van der Waals surface area contributed by atoms with Gasteiger partial charge in [0.05, 0.1) is 17.4 Å². The molecule has 0 bridgehead atoms. The summed E-state index contributed by atoms with van der Waals surface area (Å²) in [5, 5.41) is 13.3. The van der Waals surface area contributed by atoms with Crippen molar-refractivity contribution in [1.82, 2.24) is 4.90 Å². The maximum absolute atomic E-state index is 12.2. The molecule has 2 amide bonds. The van der Waals surface area contributed by atoms with Crippen LogP contribution < -0.4 is 5.32 Å². The number of nitro groups is 1. The van der Waals surface area contributed by atoms with E-state index in [-0.39, 0.29) is 23.9 Å². The molecular weight excluding hydrogens is 290 g/mol. The molecule has 1 aromatic carbocycles. The molecule has 0 saturated carbocycles. The third-order valence-corrected chi connectivity index (χ3v) is 3.48. The molecule has 118 valence electrons. The molecule has 1 aliphatic heterocycles. The first kappa shape index (κ1) is 15.9. The molecule has 1 heterocycles. The number of nitro benzene ring substituents is 1. The van der Waals surface area contributed by atoms with Crippen LogP contribution in [0, 0.1) is 16.0 Å². The van der Waals surface area contributed by atoms with Crippen molar-refractivity contribution in [2.75, 3.05) is 32.1 Å². The van der Waals surface area contributed by atoms with E-state index in [2.05, 4.69) is 5.32 Å². The minimum atomic E-state index is -0.527. The van der Waals surface area contributed by atoms with E-state index in [9.17, 15) is 19.7 Å². The third kappa shape index (κ3) is 3.79. The zero-order chi connectivity index (χ0) is 16.1. The maximum Gasteiger partial charge on any atom is 0.271 e. The summed E-state index contributed by atoms with van der Waals surface area (Å²) in [6, 6.07) is 5.71. The van der Waals surface area contributed by atoms with Crippen LogP contribution in [0.25, 0.3) is 0 Å². The first-order chi connectivity index (χ1) is 10.5. The normalized spacial score (nSPS) is 17.6. The molecule has 2 rings (SSSR count). The molecule has 1 saturated heterocycles. The zero-order valence-electron chi connectivity index (χ0n) is 12.2. The van der Waals surface area contributed by atoms with Crippen molar-refractivity contribution in [3.8, 4) is 0 Å². The summed E-state index contributed by atoms with van der Waals surface area (Å²) in [5.74, 6) is -0.853. The predicted octanol–water partition coefficient (Wildman–Crippen LogP) is 1.03. The van der Waals surface area contributed by atoms with Crippen LogP contribution >= 0.6 is 0 Å². The number of nitrogens with zero attached hydrogens (tertiary/aromatic N) is 2. The number of benzene rings is 1. The quantitative estimate of drug-likeness (QED) is 0.624. The fourth-order valence-corrected chi connectivity index (χ4v) is 2.31. The average Bonchev–Trinajstić information content (AvgIpc) is 2.86. The van der Waals surface area contributed by atoms with Gasteiger partial charge in [0, 0.05) is 44.4 Å². The SMILES string of the molecule is COCCN1CC(C(=O)Nc2cccc([N+](=O)[O-])c2)CC1=O.